The van der Waals surface area contributed by atoms with Crippen molar-refractivity contribution in [2.24, 2.45) is 0 Å². The maximum absolute atomic E-state index is 12.4. The van der Waals surface area contributed by atoms with Crippen LogP contribution in [0.4, 0.5) is 5.69 Å². The van der Waals surface area contributed by atoms with Crippen LogP contribution in [0.1, 0.15) is 62.6 Å². The quantitative estimate of drug-likeness (QED) is 0.591. The normalized spacial score (nSPS) is 10.9. The molecule has 0 aliphatic carbocycles. The van der Waals surface area contributed by atoms with Gasteiger partial charge in [-0.1, -0.05) is 64.1 Å². The predicted octanol–water partition coefficient (Wildman–Crippen LogP) is 5.19. The molecule has 0 saturated heterocycles. The lowest BCUT2D eigenvalue weighted by Crippen LogP contribution is -2.23. The fourth-order valence-corrected chi connectivity index (χ4v) is 3.05. The monoisotopic (exact) mass is 397 g/mol. The first-order valence-electron chi connectivity index (χ1n) is 10.1. The van der Waals surface area contributed by atoms with Crippen molar-refractivity contribution in [1.82, 2.24) is 0 Å². The Kier molecular flexibility index (Phi) is 8.25. The van der Waals surface area contributed by atoms with Crippen LogP contribution in [0.25, 0.3) is 0 Å². The number of anilines is 1. The number of ether oxygens (including phenoxy) is 2. The zero-order valence-electron chi connectivity index (χ0n) is 18.0. The van der Waals surface area contributed by atoms with E-state index in [1.54, 1.807) is 0 Å². The molecule has 0 bridgehead atoms. The third-order valence-electron chi connectivity index (χ3n) is 4.66. The SMILES string of the molecule is Cc1ccccc1OCCC(=O)OCC(=O)Nc1c(C(C)C)cccc1C(C)C. The number of amides is 1. The van der Waals surface area contributed by atoms with Gasteiger partial charge in [-0.2, -0.15) is 0 Å². The molecule has 0 aliphatic rings. The number of rotatable bonds is 9. The van der Waals surface area contributed by atoms with Gasteiger partial charge in [-0.3, -0.25) is 9.59 Å². The first kappa shape index (κ1) is 22.5. The van der Waals surface area contributed by atoms with Crippen LogP contribution in [-0.2, 0) is 14.3 Å². The molecule has 2 rings (SSSR count). The number of nitrogens with one attached hydrogen (secondary N) is 1. The summed E-state index contributed by atoms with van der Waals surface area (Å²) in [5.74, 6) is 0.475. The second-order valence-electron chi connectivity index (χ2n) is 7.69. The Hall–Kier alpha value is -2.82. The van der Waals surface area contributed by atoms with Gasteiger partial charge in [0.25, 0.3) is 5.91 Å². The van der Waals surface area contributed by atoms with Crippen LogP contribution < -0.4 is 10.1 Å². The highest BCUT2D eigenvalue weighted by atomic mass is 16.5. The maximum atomic E-state index is 12.4. The smallest absolute Gasteiger partial charge is 0.309 e. The minimum absolute atomic E-state index is 0.0848. The lowest BCUT2D eigenvalue weighted by molar-refractivity contribution is -0.147. The number of esters is 1. The molecule has 0 atom stereocenters. The van der Waals surface area contributed by atoms with Gasteiger partial charge in [0.2, 0.25) is 0 Å². The van der Waals surface area contributed by atoms with Gasteiger partial charge < -0.3 is 14.8 Å². The zero-order valence-corrected chi connectivity index (χ0v) is 18.0. The van der Waals surface area contributed by atoms with Crippen molar-refractivity contribution in [2.45, 2.75) is 52.9 Å². The van der Waals surface area contributed by atoms with E-state index in [2.05, 4.69) is 33.0 Å². The van der Waals surface area contributed by atoms with E-state index in [0.717, 1.165) is 28.1 Å². The molecule has 0 spiro atoms. The lowest BCUT2D eigenvalue weighted by Gasteiger charge is -2.20. The summed E-state index contributed by atoms with van der Waals surface area (Å²) in [5.41, 5.74) is 3.97. The van der Waals surface area contributed by atoms with E-state index in [1.165, 1.54) is 0 Å². The third-order valence-corrected chi connectivity index (χ3v) is 4.66. The summed E-state index contributed by atoms with van der Waals surface area (Å²) in [4.78, 5) is 24.3. The van der Waals surface area contributed by atoms with Crippen LogP contribution in [0.15, 0.2) is 42.5 Å². The largest absolute Gasteiger partial charge is 0.493 e. The molecule has 29 heavy (non-hydrogen) atoms. The number of hydrogen-bond donors (Lipinski definition) is 1. The van der Waals surface area contributed by atoms with E-state index >= 15 is 0 Å². The number of carbonyl (C=O) groups is 2. The number of aryl methyl sites for hydroxylation is 1. The van der Waals surface area contributed by atoms with Crippen LogP contribution in [-0.4, -0.2) is 25.1 Å². The molecule has 0 saturated carbocycles. The molecule has 2 aromatic carbocycles. The molecular formula is C24H31NO4. The predicted molar refractivity (Wildman–Crippen MR) is 115 cm³/mol. The first-order valence-corrected chi connectivity index (χ1v) is 10.1. The second kappa shape index (κ2) is 10.6. The summed E-state index contributed by atoms with van der Waals surface area (Å²) in [6.07, 6.45) is 0.0848. The van der Waals surface area contributed by atoms with Crippen molar-refractivity contribution in [3.05, 3.63) is 59.2 Å². The van der Waals surface area contributed by atoms with Crippen LogP contribution in [0.2, 0.25) is 0 Å². The van der Waals surface area contributed by atoms with Crippen molar-refractivity contribution in [3.63, 3.8) is 0 Å². The van der Waals surface area contributed by atoms with Gasteiger partial charge in [-0.25, -0.2) is 0 Å². The molecule has 5 nitrogen and oxygen atoms in total. The molecule has 0 aromatic heterocycles. The lowest BCUT2D eigenvalue weighted by atomic mass is 9.92. The summed E-state index contributed by atoms with van der Waals surface area (Å²) in [5, 5.41) is 2.94. The standard InChI is InChI=1S/C24H31NO4/c1-16(2)19-10-8-11-20(17(3)4)24(19)25-22(26)15-29-23(27)13-14-28-21-12-7-6-9-18(21)5/h6-12,16-17H,13-15H2,1-5H3,(H,25,26). The summed E-state index contributed by atoms with van der Waals surface area (Å²) in [7, 11) is 0. The van der Waals surface area contributed by atoms with Gasteiger partial charge in [0.15, 0.2) is 6.61 Å². The number of benzene rings is 2. The Bertz CT molecular complexity index is 816. The Morgan fingerprint density at radius 3 is 2.14 bits per heavy atom. The summed E-state index contributed by atoms with van der Waals surface area (Å²) >= 11 is 0. The average Bonchev–Trinajstić information content (AvgIpc) is 2.67. The molecule has 5 heteroatoms. The van der Waals surface area contributed by atoms with Crippen LogP contribution >= 0.6 is 0 Å². The van der Waals surface area contributed by atoms with E-state index < -0.39 is 5.97 Å². The minimum Gasteiger partial charge on any atom is -0.493 e. The van der Waals surface area contributed by atoms with Gasteiger partial charge >= 0.3 is 5.97 Å². The topological polar surface area (TPSA) is 64.6 Å². The molecule has 1 amide bonds. The van der Waals surface area contributed by atoms with E-state index in [9.17, 15) is 9.59 Å². The van der Waals surface area contributed by atoms with Gasteiger partial charge in [0.1, 0.15) is 5.75 Å². The van der Waals surface area contributed by atoms with E-state index in [0.29, 0.717) is 0 Å². The fraction of sp³-hybridized carbons (Fsp3) is 0.417. The molecule has 0 radical (unpaired) electrons. The van der Waals surface area contributed by atoms with E-state index in [1.807, 2.05) is 49.4 Å². The highest BCUT2D eigenvalue weighted by molar-refractivity contribution is 5.94. The highest BCUT2D eigenvalue weighted by Gasteiger charge is 2.17. The van der Waals surface area contributed by atoms with Crippen molar-refractivity contribution in [3.8, 4) is 5.75 Å². The van der Waals surface area contributed by atoms with Crippen molar-refractivity contribution < 1.29 is 19.1 Å². The molecule has 1 N–H and O–H groups in total. The minimum atomic E-state index is -0.463. The molecule has 156 valence electrons. The van der Waals surface area contributed by atoms with Gasteiger partial charge in [0, 0.05) is 5.69 Å². The van der Waals surface area contributed by atoms with E-state index in [4.69, 9.17) is 9.47 Å². The van der Waals surface area contributed by atoms with Crippen LogP contribution in [0, 0.1) is 6.92 Å². The highest BCUT2D eigenvalue weighted by Crippen LogP contribution is 2.32. The molecule has 0 fully saturated rings. The van der Waals surface area contributed by atoms with Crippen molar-refractivity contribution in [2.75, 3.05) is 18.5 Å². The fourth-order valence-electron chi connectivity index (χ4n) is 3.05. The van der Waals surface area contributed by atoms with E-state index in [-0.39, 0.29) is 37.4 Å². The summed E-state index contributed by atoms with van der Waals surface area (Å²) in [6, 6.07) is 13.6. The zero-order chi connectivity index (χ0) is 21.4. The first-order chi connectivity index (χ1) is 13.8. The Morgan fingerprint density at radius 1 is 0.931 bits per heavy atom. The Morgan fingerprint density at radius 2 is 1.55 bits per heavy atom. The van der Waals surface area contributed by atoms with Gasteiger partial charge in [-0.05, 0) is 41.5 Å². The van der Waals surface area contributed by atoms with Crippen molar-refractivity contribution >= 4 is 17.6 Å². The maximum Gasteiger partial charge on any atom is 0.309 e. The van der Waals surface area contributed by atoms with Crippen molar-refractivity contribution in [1.29, 1.82) is 0 Å². The van der Waals surface area contributed by atoms with Crippen LogP contribution in [0.5, 0.6) is 5.75 Å². The second-order valence-corrected chi connectivity index (χ2v) is 7.69. The molecule has 0 unspecified atom stereocenters. The Balaban J connectivity index is 1.87. The molecular weight excluding hydrogens is 366 g/mol. The number of hydrogen-bond acceptors (Lipinski definition) is 4. The van der Waals surface area contributed by atoms with Gasteiger partial charge in [0.05, 0.1) is 13.0 Å². The molecule has 0 heterocycles. The molecule has 0 aliphatic heterocycles. The van der Waals surface area contributed by atoms with Gasteiger partial charge in [-0.15, -0.1) is 0 Å². The molecule has 2 aromatic rings. The summed E-state index contributed by atoms with van der Waals surface area (Å²) in [6.45, 7) is 10.2. The number of para-hydroxylation sites is 2. The summed E-state index contributed by atoms with van der Waals surface area (Å²) < 4.78 is 10.7. The average molecular weight is 398 g/mol. The Labute approximate surface area is 173 Å². The van der Waals surface area contributed by atoms with Crippen LogP contribution in [0.3, 0.4) is 0 Å². The third kappa shape index (κ3) is 6.63. The number of carbonyl (C=O) groups excluding carboxylic acids is 2.